The molecule has 0 aromatic heterocycles. The highest BCUT2D eigenvalue weighted by atomic mass is 16.2. The summed E-state index contributed by atoms with van der Waals surface area (Å²) in [5.41, 5.74) is 0.887. The second-order valence-electron chi connectivity index (χ2n) is 2.64. The summed E-state index contributed by atoms with van der Waals surface area (Å²) in [7, 11) is 0. The Kier molecular flexibility index (Phi) is 2.75. The van der Waals surface area contributed by atoms with E-state index < -0.39 is 0 Å². The Labute approximate surface area is 71.2 Å². The molecule has 2 heteroatoms. The van der Waals surface area contributed by atoms with E-state index in [-0.39, 0.29) is 18.0 Å². The number of ketones is 2. The lowest BCUT2D eigenvalue weighted by Gasteiger charge is -1.95. The maximum atomic E-state index is 11.0. The predicted octanol–water partition coefficient (Wildman–Crippen LogP) is 1.39. The van der Waals surface area contributed by atoms with E-state index in [9.17, 15) is 9.59 Å². The molecular weight excluding hydrogens is 152 g/mol. The molecule has 0 N–H and O–H groups in total. The van der Waals surface area contributed by atoms with Crippen LogP contribution in [0.1, 0.15) is 12.5 Å². The largest absolute Gasteiger partial charge is 0.291 e. The highest BCUT2D eigenvalue weighted by molar-refractivity contribution is 6.36. The van der Waals surface area contributed by atoms with E-state index in [1.165, 1.54) is 6.92 Å². The molecule has 2 nitrogen and oxygen atoms in total. The minimum Gasteiger partial charge on any atom is -0.291 e. The highest BCUT2D eigenvalue weighted by Crippen LogP contribution is 2.00. The molecule has 62 valence electrons. The van der Waals surface area contributed by atoms with Gasteiger partial charge in [-0.3, -0.25) is 9.59 Å². The van der Waals surface area contributed by atoms with E-state index in [1.54, 1.807) is 0 Å². The van der Waals surface area contributed by atoms with Crippen molar-refractivity contribution in [2.75, 3.05) is 0 Å². The molecule has 0 unspecified atom stereocenters. The first kappa shape index (κ1) is 8.65. The molecule has 0 heterocycles. The minimum absolute atomic E-state index is 0.218. The van der Waals surface area contributed by atoms with Gasteiger partial charge in [0, 0.05) is 13.3 Å². The summed E-state index contributed by atoms with van der Waals surface area (Å²) in [5.74, 6) is -0.708. The van der Waals surface area contributed by atoms with E-state index in [2.05, 4.69) is 0 Å². The van der Waals surface area contributed by atoms with Crippen LogP contribution in [0.3, 0.4) is 0 Å². The van der Waals surface area contributed by atoms with Crippen LogP contribution in [-0.4, -0.2) is 11.6 Å². The van der Waals surface area contributed by atoms with Crippen LogP contribution in [0.5, 0.6) is 0 Å². The van der Waals surface area contributed by atoms with E-state index in [1.807, 2.05) is 30.3 Å². The van der Waals surface area contributed by atoms with Crippen LogP contribution in [0, 0.1) is 0 Å². The Bertz CT molecular complexity index is 288. The standard InChI is InChI=1S/C10H10O2/c1-8(11)10(12)7-9-5-3-2-4-6-9/h2-6H,7H2,1H3. The summed E-state index contributed by atoms with van der Waals surface area (Å²) in [6, 6.07) is 9.24. The Hall–Kier alpha value is -1.44. The molecule has 0 amide bonds. The van der Waals surface area contributed by atoms with Crippen molar-refractivity contribution in [3.63, 3.8) is 0 Å². The van der Waals surface area contributed by atoms with Gasteiger partial charge in [-0.05, 0) is 5.56 Å². The SMILES string of the molecule is CC(=O)C(=O)Cc1ccccc1. The fraction of sp³-hybridized carbons (Fsp3) is 0.200. The molecule has 0 fully saturated rings. The summed E-state index contributed by atoms with van der Waals surface area (Å²) < 4.78 is 0. The van der Waals surface area contributed by atoms with Crippen molar-refractivity contribution in [3.05, 3.63) is 35.9 Å². The van der Waals surface area contributed by atoms with Crippen molar-refractivity contribution >= 4 is 11.6 Å². The highest BCUT2D eigenvalue weighted by Gasteiger charge is 2.07. The lowest BCUT2D eigenvalue weighted by atomic mass is 10.1. The number of carbonyl (C=O) groups excluding carboxylic acids is 2. The molecule has 0 atom stereocenters. The Morgan fingerprint density at radius 3 is 2.25 bits per heavy atom. The van der Waals surface area contributed by atoms with Crippen molar-refractivity contribution in [1.82, 2.24) is 0 Å². The molecule has 0 aliphatic rings. The Balaban J connectivity index is 2.65. The molecule has 0 saturated carbocycles. The van der Waals surface area contributed by atoms with E-state index in [0.717, 1.165) is 5.56 Å². The number of hydrogen-bond acceptors (Lipinski definition) is 2. The van der Waals surface area contributed by atoms with Gasteiger partial charge >= 0.3 is 0 Å². The zero-order chi connectivity index (χ0) is 8.97. The van der Waals surface area contributed by atoms with Gasteiger partial charge in [0.25, 0.3) is 0 Å². The number of benzene rings is 1. The number of Topliss-reactive ketones (excluding diaryl/α,β-unsaturated/α-hetero) is 2. The van der Waals surface area contributed by atoms with Crippen LogP contribution in [-0.2, 0) is 16.0 Å². The maximum absolute atomic E-state index is 11.0. The average Bonchev–Trinajstić information content (AvgIpc) is 2.06. The molecule has 1 aromatic rings. The van der Waals surface area contributed by atoms with Gasteiger partial charge in [0.05, 0.1) is 0 Å². The fourth-order valence-electron chi connectivity index (χ4n) is 0.906. The topological polar surface area (TPSA) is 34.1 Å². The van der Waals surface area contributed by atoms with Gasteiger partial charge in [0.1, 0.15) is 0 Å². The van der Waals surface area contributed by atoms with Gasteiger partial charge in [-0.15, -0.1) is 0 Å². The third-order valence-corrected chi connectivity index (χ3v) is 1.60. The monoisotopic (exact) mass is 162 g/mol. The second-order valence-corrected chi connectivity index (χ2v) is 2.64. The molecular formula is C10H10O2. The normalized spacial score (nSPS) is 9.42. The van der Waals surface area contributed by atoms with Gasteiger partial charge < -0.3 is 0 Å². The molecule has 0 saturated heterocycles. The van der Waals surface area contributed by atoms with Crippen LogP contribution in [0.15, 0.2) is 30.3 Å². The van der Waals surface area contributed by atoms with Crippen LogP contribution in [0.2, 0.25) is 0 Å². The average molecular weight is 162 g/mol. The molecule has 0 radical (unpaired) electrons. The second kappa shape index (κ2) is 3.81. The number of carbonyl (C=O) groups is 2. The Morgan fingerprint density at radius 2 is 1.75 bits per heavy atom. The summed E-state index contributed by atoms with van der Waals surface area (Å²) in [6.45, 7) is 1.30. The van der Waals surface area contributed by atoms with Gasteiger partial charge in [-0.1, -0.05) is 30.3 Å². The smallest absolute Gasteiger partial charge is 0.202 e. The van der Waals surface area contributed by atoms with Crippen LogP contribution in [0.25, 0.3) is 0 Å². The fourth-order valence-corrected chi connectivity index (χ4v) is 0.906. The third-order valence-electron chi connectivity index (χ3n) is 1.60. The molecule has 1 rings (SSSR count). The van der Waals surface area contributed by atoms with Crippen molar-refractivity contribution in [2.45, 2.75) is 13.3 Å². The van der Waals surface area contributed by atoms with Crippen LogP contribution >= 0.6 is 0 Å². The van der Waals surface area contributed by atoms with Gasteiger partial charge in [-0.2, -0.15) is 0 Å². The van der Waals surface area contributed by atoms with Gasteiger partial charge in [0.2, 0.25) is 5.78 Å². The summed E-state index contributed by atoms with van der Waals surface area (Å²) in [6.07, 6.45) is 0.218. The van der Waals surface area contributed by atoms with Crippen molar-refractivity contribution in [2.24, 2.45) is 0 Å². The van der Waals surface area contributed by atoms with Crippen molar-refractivity contribution in [1.29, 1.82) is 0 Å². The predicted molar refractivity (Wildman–Crippen MR) is 45.8 cm³/mol. The summed E-state index contributed by atoms with van der Waals surface area (Å²) >= 11 is 0. The molecule has 12 heavy (non-hydrogen) atoms. The first-order valence-electron chi connectivity index (χ1n) is 3.78. The van der Waals surface area contributed by atoms with E-state index in [0.29, 0.717) is 0 Å². The van der Waals surface area contributed by atoms with Crippen LogP contribution < -0.4 is 0 Å². The summed E-state index contributed by atoms with van der Waals surface area (Å²) in [4.78, 5) is 21.6. The zero-order valence-corrected chi connectivity index (χ0v) is 6.91. The minimum atomic E-state index is -0.376. The molecule has 0 aliphatic carbocycles. The van der Waals surface area contributed by atoms with Crippen molar-refractivity contribution in [3.8, 4) is 0 Å². The number of hydrogen-bond donors (Lipinski definition) is 0. The van der Waals surface area contributed by atoms with E-state index >= 15 is 0 Å². The number of rotatable bonds is 3. The molecule has 1 aromatic carbocycles. The van der Waals surface area contributed by atoms with Gasteiger partial charge in [0.15, 0.2) is 5.78 Å². The van der Waals surface area contributed by atoms with Crippen molar-refractivity contribution < 1.29 is 9.59 Å². The van der Waals surface area contributed by atoms with E-state index in [4.69, 9.17) is 0 Å². The first-order chi connectivity index (χ1) is 5.70. The maximum Gasteiger partial charge on any atom is 0.202 e. The lowest BCUT2D eigenvalue weighted by molar-refractivity contribution is -0.134. The zero-order valence-electron chi connectivity index (χ0n) is 6.91. The van der Waals surface area contributed by atoms with Gasteiger partial charge in [-0.25, -0.2) is 0 Å². The first-order valence-corrected chi connectivity index (χ1v) is 3.78. The quantitative estimate of drug-likeness (QED) is 0.629. The Morgan fingerprint density at radius 1 is 1.17 bits per heavy atom. The summed E-state index contributed by atoms with van der Waals surface area (Å²) in [5, 5.41) is 0. The van der Waals surface area contributed by atoms with Crippen LogP contribution in [0.4, 0.5) is 0 Å². The lowest BCUT2D eigenvalue weighted by Crippen LogP contribution is -2.11. The molecule has 0 spiro atoms. The third kappa shape index (κ3) is 2.31. The molecule has 0 aliphatic heterocycles. The molecule has 0 bridgehead atoms.